The van der Waals surface area contributed by atoms with E-state index in [0.29, 0.717) is 30.9 Å². The zero-order valence-electron chi connectivity index (χ0n) is 14.1. The summed E-state index contributed by atoms with van der Waals surface area (Å²) in [7, 11) is 0. The highest BCUT2D eigenvalue weighted by Gasteiger charge is 2.25. The highest BCUT2D eigenvalue weighted by atomic mass is 16.2. The first-order chi connectivity index (χ1) is 11.6. The number of nitrogens with zero attached hydrogens (tertiary/aromatic N) is 3. The van der Waals surface area contributed by atoms with E-state index in [1.54, 1.807) is 24.3 Å². The Hall–Kier alpha value is -2.08. The monoisotopic (exact) mass is 330 g/mol. The normalized spacial score (nSPS) is 19.3. The van der Waals surface area contributed by atoms with Gasteiger partial charge in [0.25, 0.3) is 5.91 Å². The lowest BCUT2D eigenvalue weighted by atomic mass is 10.1. The molecule has 0 radical (unpaired) electrons. The molecule has 6 nitrogen and oxygen atoms in total. The minimum atomic E-state index is 0.0389. The number of carbonyl (C=O) groups is 2. The van der Waals surface area contributed by atoms with Gasteiger partial charge in [-0.1, -0.05) is 0 Å². The molecule has 2 aliphatic rings. The van der Waals surface area contributed by atoms with E-state index in [4.69, 9.17) is 5.73 Å². The van der Waals surface area contributed by atoms with Gasteiger partial charge in [0.1, 0.15) is 0 Å². The van der Waals surface area contributed by atoms with Crippen LogP contribution in [0.1, 0.15) is 29.6 Å². The molecule has 3 rings (SSSR count). The summed E-state index contributed by atoms with van der Waals surface area (Å²) < 4.78 is 0. The SMILES string of the molecule is Nc1ccc(C(=O)N2CCN(CC(=O)N3CCCCC3)CC2)cc1. The van der Waals surface area contributed by atoms with E-state index < -0.39 is 0 Å². The predicted molar refractivity (Wildman–Crippen MR) is 93.6 cm³/mol. The van der Waals surface area contributed by atoms with Gasteiger partial charge in [0.15, 0.2) is 0 Å². The van der Waals surface area contributed by atoms with E-state index in [-0.39, 0.29) is 11.8 Å². The molecule has 0 spiro atoms. The fraction of sp³-hybridized carbons (Fsp3) is 0.556. The Bertz CT molecular complexity index is 573. The summed E-state index contributed by atoms with van der Waals surface area (Å²) in [6.45, 7) is 5.10. The number of piperazine rings is 1. The molecule has 0 bridgehead atoms. The molecule has 0 unspecified atom stereocenters. The molecule has 0 aromatic heterocycles. The van der Waals surface area contributed by atoms with Crippen molar-refractivity contribution < 1.29 is 9.59 Å². The minimum absolute atomic E-state index is 0.0389. The Balaban J connectivity index is 1.47. The van der Waals surface area contributed by atoms with Crippen LogP contribution in [0.3, 0.4) is 0 Å². The number of benzene rings is 1. The van der Waals surface area contributed by atoms with Crippen LogP contribution in [0, 0.1) is 0 Å². The van der Waals surface area contributed by atoms with E-state index >= 15 is 0 Å². The first-order valence-electron chi connectivity index (χ1n) is 8.78. The van der Waals surface area contributed by atoms with E-state index in [1.165, 1.54) is 6.42 Å². The van der Waals surface area contributed by atoms with Crippen LogP contribution in [0.4, 0.5) is 5.69 Å². The molecule has 24 heavy (non-hydrogen) atoms. The maximum atomic E-state index is 12.5. The summed E-state index contributed by atoms with van der Waals surface area (Å²) in [4.78, 5) is 30.8. The molecular formula is C18H26N4O2. The zero-order valence-corrected chi connectivity index (χ0v) is 14.1. The van der Waals surface area contributed by atoms with Crippen molar-refractivity contribution in [1.29, 1.82) is 0 Å². The van der Waals surface area contributed by atoms with Crippen LogP contribution in [-0.2, 0) is 4.79 Å². The van der Waals surface area contributed by atoms with Crippen LogP contribution >= 0.6 is 0 Å². The molecule has 0 aliphatic carbocycles. The second-order valence-corrected chi connectivity index (χ2v) is 6.63. The largest absolute Gasteiger partial charge is 0.399 e. The third-order valence-electron chi connectivity index (χ3n) is 4.88. The molecule has 0 atom stereocenters. The third kappa shape index (κ3) is 4.06. The lowest BCUT2D eigenvalue weighted by molar-refractivity contribution is -0.133. The van der Waals surface area contributed by atoms with Gasteiger partial charge in [-0.2, -0.15) is 0 Å². The molecule has 1 aromatic rings. The molecule has 2 heterocycles. The van der Waals surface area contributed by atoms with Gasteiger partial charge in [-0.3, -0.25) is 14.5 Å². The van der Waals surface area contributed by atoms with Crippen molar-refractivity contribution in [2.75, 3.05) is 51.5 Å². The van der Waals surface area contributed by atoms with Crippen molar-refractivity contribution in [2.24, 2.45) is 0 Å². The number of rotatable bonds is 3. The predicted octanol–water partition coefficient (Wildman–Crippen LogP) is 1.04. The van der Waals surface area contributed by atoms with Crippen molar-refractivity contribution in [3.05, 3.63) is 29.8 Å². The molecule has 1 aromatic carbocycles. The van der Waals surface area contributed by atoms with Crippen molar-refractivity contribution in [1.82, 2.24) is 14.7 Å². The summed E-state index contributed by atoms with van der Waals surface area (Å²) in [5, 5.41) is 0. The molecule has 2 amide bonds. The topological polar surface area (TPSA) is 69.9 Å². The molecule has 2 fully saturated rings. The average Bonchev–Trinajstić information content (AvgIpc) is 2.63. The van der Waals surface area contributed by atoms with Crippen LogP contribution < -0.4 is 5.73 Å². The number of amides is 2. The Kier molecular flexibility index (Phi) is 5.35. The van der Waals surface area contributed by atoms with Gasteiger partial charge in [0.2, 0.25) is 5.91 Å². The Labute approximate surface area is 143 Å². The van der Waals surface area contributed by atoms with Crippen molar-refractivity contribution >= 4 is 17.5 Å². The fourth-order valence-electron chi connectivity index (χ4n) is 3.35. The van der Waals surface area contributed by atoms with Crippen LogP contribution in [0.25, 0.3) is 0 Å². The zero-order chi connectivity index (χ0) is 16.9. The lowest BCUT2D eigenvalue weighted by Gasteiger charge is -2.36. The fourth-order valence-corrected chi connectivity index (χ4v) is 3.35. The second-order valence-electron chi connectivity index (χ2n) is 6.63. The summed E-state index contributed by atoms with van der Waals surface area (Å²) in [6.07, 6.45) is 3.47. The quantitative estimate of drug-likeness (QED) is 0.841. The van der Waals surface area contributed by atoms with Crippen LogP contribution in [0.15, 0.2) is 24.3 Å². The maximum absolute atomic E-state index is 12.5. The molecule has 6 heteroatoms. The third-order valence-corrected chi connectivity index (χ3v) is 4.88. The van der Waals surface area contributed by atoms with Gasteiger partial charge < -0.3 is 15.5 Å². The number of anilines is 1. The molecule has 2 saturated heterocycles. The van der Waals surface area contributed by atoms with Gasteiger partial charge in [-0.15, -0.1) is 0 Å². The van der Waals surface area contributed by atoms with Gasteiger partial charge in [-0.25, -0.2) is 0 Å². The standard InChI is InChI=1S/C18H26N4O2/c19-16-6-4-15(5-7-16)18(24)22-12-10-20(11-13-22)14-17(23)21-8-2-1-3-9-21/h4-7H,1-3,8-14,19H2. The summed E-state index contributed by atoms with van der Waals surface area (Å²) in [6, 6.07) is 7.04. The van der Waals surface area contributed by atoms with E-state index in [9.17, 15) is 9.59 Å². The molecule has 130 valence electrons. The van der Waals surface area contributed by atoms with Crippen LogP contribution in [0.5, 0.6) is 0 Å². The number of carbonyl (C=O) groups excluding carboxylic acids is 2. The summed E-state index contributed by atoms with van der Waals surface area (Å²) in [5.74, 6) is 0.269. The van der Waals surface area contributed by atoms with Crippen LogP contribution in [0.2, 0.25) is 0 Å². The first-order valence-corrected chi connectivity index (χ1v) is 8.78. The first kappa shape index (κ1) is 16.8. The Morgan fingerprint density at radius 1 is 0.833 bits per heavy atom. The highest BCUT2D eigenvalue weighted by molar-refractivity contribution is 5.94. The van der Waals surface area contributed by atoms with E-state index in [2.05, 4.69) is 4.90 Å². The molecular weight excluding hydrogens is 304 g/mol. The number of piperidine rings is 1. The number of nitrogen functional groups attached to an aromatic ring is 1. The number of nitrogens with two attached hydrogens (primary N) is 1. The Morgan fingerprint density at radius 3 is 2.08 bits per heavy atom. The van der Waals surface area contributed by atoms with Gasteiger partial charge in [0, 0.05) is 50.5 Å². The second kappa shape index (κ2) is 7.66. The molecule has 2 aliphatic heterocycles. The van der Waals surface area contributed by atoms with Crippen molar-refractivity contribution in [2.45, 2.75) is 19.3 Å². The number of hydrogen-bond donors (Lipinski definition) is 1. The Morgan fingerprint density at radius 2 is 1.46 bits per heavy atom. The number of likely N-dealkylation sites (tertiary alicyclic amines) is 1. The average molecular weight is 330 g/mol. The lowest BCUT2D eigenvalue weighted by Crippen LogP contribution is -2.52. The minimum Gasteiger partial charge on any atom is -0.399 e. The van der Waals surface area contributed by atoms with E-state index in [0.717, 1.165) is 39.0 Å². The van der Waals surface area contributed by atoms with Gasteiger partial charge in [0.05, 0.1) is 6.54 Å². The van der Waals surface area contributed by atoms with Gasteiger partial charge >= 0.3 is 0 Å². The number of hydrogen-bond acceptors (Lipinski definition) is 4. The van der Waals surface area contributed by atoms with Crippen molar-refractivity contribution in [3.63, 3.8) is 0 Å². The highest BCUT2D eigenvalue weighted by Crippen LogP contribution is 2.13. The maximum Gasteiger partial charge on any atom is 0.253 e. The van der Waals surface area contributed by atoms with Crippen LogP contribution in [-0.4, -0.2) is 72.3 Å². The summed E-state index contributed by atoms with van der Waals surface area (Å²) >= 11 is 0. The summed E-state index contributed by atoms with van der Waals surface area (Å²) in [5.41, 5.74) is 6.99. The van der Waals surface area contributed by atoms with Crippen molar-refractivity contribution in [3.8, 4) is 0 Å². The van der Waals surface area contributed by atoms with Gasteiger partial charge in [-0.05, 0) is 43.5 Å². The molecule has 0 saturated carbocycles. The molecule has 2 N–H and O–H groups in total. The van der Waals surface area contributed by atoms with E-state index in [1.807, 2.05) is 9.80 Å². The smallest absolute Gasteiger partial charge is 0.253 e.